The molecule has 90 valence electrons. The second-order valence-electron chi connectivity index (χ2n) is 3.51. The average molecular weight is 286 g/mol. The lowest BCUT2D eigenvalue weighted by atomic mass is 10.1. The molecule has 6 heteroatoms. The zero-order valence-corrected chi connectivity index (χ0v) is 11.9. The smallest absolute Gasteiger partial charge is 0.178 e. The standard InChI is InChI=1S/C11H12ClN3S2/c1-7(13-2)8-3-4-10(9(12)5-8)17-11-15-14-6-16-11/h3-7,13H,1-2H3. The van der Waals surface area contributed by atoms with Crippen molar-refractivity contribution in [2.24, 2.45) is 0 Å². The second kappa shape index (κ2) is 5.82. The molecular weight excluding hydrogens is 274 g/mol. The van der Waals surface area contributed by atoms with Gasteiger partial charge in [0, 0.05) is 10.9 Å². The van der Waals surface area contributed by atoms with E-state index in [-0.39, 0.29) is 0 Å². The first kappa shape index (κ1) is 12.8. The first-order chi connectivity index (χ1) is 8.20. The highest BCUT2D eigenvalue weighted by atomic mass is 35.5. The van der Waals surface area contributed by atoms with Crippen LogP contribution in [0.4, 0.5) is 0 Å². The van der Waals surface area contributed by atoms with Crippen LogP contribution in [0.1, 0.15) is 18.5 Å². The van der Waals surface area contributed by atoms with E-state index in [1.54, 1.807) is 17.3 Å². The molecule has 2 rings (SSSR count). The van der Waals surface area contributed by atoms with E-state index in [4.69, 9.17) is 11.6 Å². The predicted molar refractivity (Wildman–Crippen MR) is 73.0 cm³/mol. The first-order valence-corrected chi connectivity index (χ1v) is 7.19. The van der Waals surface area contributed by atoms with Crippen LogP contribution in [0.2, 0.25) is 5.02 Å². The highest BCUT2D eigenvalue weighted by Crippen LogP contribution is 2.35. The summed E-state index contributed by atoms with van der Waals surface area (Å²) in [6.07, 6.45) is 0. The molecule has 0 saturated heterocycles. The third-order valence-corrected chi connectivity index (χ3v) is 4.70. The van der Waals surface area contributed by atoms with Crippen LogP contribution in [0.25, 0.3) is 0 Å². The third-order valence-electron chi connectivity index (χ3n) is 2.43. The molecule has 3 nitrogen and oxygen atoms in total. The summed E-state index contributed by atoms with van der Waals surface area (Å²) in [6.45, 7) is 2.10. The minimum Gasteiger partial charge on any atom is -0.313 e. The molecule has 0 radical (unpaired) electrons. The van der Waals surface area contributed by atoms with Gasteiger partial charge in [0.25, 0.3) is 0 Å². The molecule has 0 aliphatic rings. The molecule has 0 aliphatic carbocycles. The van der Waals surface area contributed by atoms with Gasteiger partial charge in [-0.25, -0.2) is 0 Å². The second-order valence-corrected chi connectivity index (χ2v) is 6.04. The first-order valence-electron chi connectivity index (χ1n) is 5.11. The van der Waals surface area contributed by atoms with Crippen molar-refractivity contribution in [2.75, 3.05) is 7.05 Å². The van der Waals surface area contributed by atoms with E-state index >= 15 is 0 Å². The van der Waals surface area contributed by atoms with Gasteiger partial charge in [-0.05, 0) is 31.7 Å². The largest absolute Gasteiger partial charge is 0.313 e. The molecule has 0 saturated carbocycles. The van der Waals surface area contributed by atoms with Crippen molar-refractivity contribution in [2.45, 2.75) is 22.2 Å². The van der Waals surface area contributed by atoms with E-state index in [9.17, 15) is 0 Å². The maximum Gasteiger partial charge on any atom is 0.178 e. The fourth-order valence-corrected chi connectivity index (χ4v) is 3.08. The Kier molecular flexibility index (Phi) is 4.39. The summed E-state index contributed by atoms with van der Waals surface area (Å²) in [5.74, 6) is 0. The number of nitrogens with one attached hydrogen (secondary N) is 1. The molecule has 2 aromatic rings. The Hall–Kier alpha value is -0.620. The topological polar surface area (TPSA) is 37.8 Å². The van der Waals surface area contributed by atoms with Crippen molar-refractivity contribution in [1.29, 1.82) is 0 Å². The van der Waals surface area contributed by atoms with Crippen LogP contribution in [-0.4, -0.2) is 17.2 Å². The minimum absolute atomic E-state index is 0.299. The number of nitrogens with zero attached hydrogens (tertiary/aromatic N) is 2. The van der Waals surface area contributed by atoms with Crippen molar-refractivity contribution < 1.29 is 0 Å². The Balaban J connectivity index is 2.20. The lowest BCUT2D eigenvalue weighted by Gasteiger charge is -2.12. The van der Waals surface area contributed by atoms with Crippen molar-refractivity contribution in [1.82, 2.24) is 15.5 Å². The molecule has 1 N–H and O–H groups in total. The van der Waals surface area contributed by atoms with E-state index in [1.807, 2.05) is 19.2 Å². The van der Waals surface area contributed by atoms with Crippen LogP contribution < -0.4 is 5.32 Å². The molecular formula is C11H12ClN3S2. The summed E-state index contributed by atoms with van der Waals surface area (Å²) in [6, 6.07) is 6.40. The van der Waals surface area contributed by atoms with Crippen LogP contribution in [0.5, 0.6) is 0 Å². The molecule has 17 heavy (non-hydrogen) atoms. The number of benzene rings is 1. The van der Waals surface area contributed by atoms with Gasteiger partial charge in [0.15, 0.2) is 4.34 Å². The number of hydrogen-bond donors (Lipinski definition) is 1. The van der Waals surface area contributed by atoms with E-state index in [0.29, 0.717) is 6.04 Å². The van der Waals surface area contributed by atoms with E-state index < -0.39 is 0 Å². The highest BCUT2D eigenvalue weighted by molar-refractivity contribution is 8.01. The normalized spacial score (nSPS) is 12.6. The lowest BCUT2D eigenvalue weighted by molar-refractivity contribution is 0.652. The molecule has 1 atom stereocenters. The van der Waals surface area contributed by atoms with Crippen LogP contribution >= 0.6 is 34.7 Å². The maximum atomic E-state index is 6.26. The van der Waals surface area contributed by atoms with E-state index in [1.165, 1.54) is 16.9 Å². The molecule has 0 amide bonds. The molecule has 1 heterocycles. The molecule has 0 fully saturated rings. The van der Waals surface area contributed by atoms with E-state index in [0.717, 1.165) is 14.3 Å². The van der Waals surface area contributed by atoms with Gasteiger partial charge < -0.3 is 5.32 Å². The Morgan fingerprint density at radius 3 is 2.88 bits per heavy atom. The Labute approximate surface area is 114 Å². The Morgan fingerprint density at radius 2 is 2.29 bits per heavy atom. The third kappa shape index (κ3) is 3.19. The predicted octanol–water partition coefficient (Wildman–Crippen LogP) is 3.62. The van der Waals surface area contributed by atoms with Gasteiger partial charge in [-0.3, -0.25) is 0 Å². The molecule has 1 unspecified atom stereocenters. The summed E-state index contributed by atoms with van der Waals surface area (Å²) in [7, 11) is 1.93. The fourth-order valence-electron chi connectivity index (χ4n) is 1.34. The van der Waals surface area contributed by atoms with Crippen LogP contribution in [0.15, 0.2) is 32.9 Å². The summed E-state index contributed by atoms with van der Waals surface area (Å²) in [5, 5.41) is 11.7. The van der Waals surface area contributed by atoms with Gasteiger partial charge in [0.2, 0.25) is 0 Å². The minimum atomic E-state index is 0.299. The number of halogens is 1. The van der Waals surface area contributed by atoms with Gasteiger partial charge in [-0.1, -0.05) is 40.8 Å². The zero-order valence-electron chi connectivity index (χ0n) is 9.48. The van der Waals surface area contributed by atoms with Gasteiger partial charge >= 0.3 is 0 Å². The summed E-state index contributed by atoms with van der Waals surface area (Å²) < 4.78 is 0.904. The summed E-state index contributed by atoms with van der Waals surface area (Å²) in [5.41, 5.74) is 2.90. The van der Waals surface area contributed by atoms with Crippen LogP contribution in [-0.2, 0) is 0 Å². The molecule has 0 bridgehead atoms. The zero-order chi connectivity index (χ0) is 12.3. The van der Waals surface area contributed by atoms with E-state index in [2.05, 4.69) is 28.5 Å². The Bertz CT molecular complexity index is 487. The SMILES string of the molecule is CNC(C)c1ccc(Sc2nncs2)c(Cl)c1. The number of rotatable bonds is 4. The van der Waals surface area contributed by atoms with Crippen LogP contribution in [0, 0.1) is 0 Å². The number of hydrogen-bond acceptors (Lipinski definition) is 5. The van der Waals surface area contributed by atoms with Crippen molar-refractivity contribution in [3.8, 4) is 0 Å². The lowest BCUT2D eigenvalue weighted by Crippen LogP contribution is -2.12. The number of aromatic nitrogens is 2. The Morgan fingerprint density at radius 1 is 1.47 bits per heavy atom. The molecule has 1 aromatic heterocycles. The van der Waals surface area contributed by atoms with Crippen LogP contribution in [0.3, 0.4) is 0 Å². The van der Waals surface area contributed by atoms with Gasteiger partial charge in [-0.2, -0.15) is 0 Å². The van der Waals surface area contributed by atoms with Crippen molar-refractivity contribution in [3.05, 3.63) is 34.3 Å². The van der Waals surface area contributed by atoms with Gasteiger partial charge in [0.05, 0.1) is 5.02 Å². The van der Waals surface area contributed by atoms with Crippen molar-refractivity contribution >= 4 is 34.7 Å². The molecule has 1 aromatic carbocycles. The summed E-state index contributed by atoms with van der Waals surface area (Å²) in [4.78, 5) is 1.01. The summed E-state index contributed by atoms with van der Waals surface area (Å²) >= 11 is 9.31. The van der Waals surface area contributed by atoms with Crippen molar-refractivity contribution in [3.63, 3.8) is 0 Å². The molecule has 0 spiro atoms. The quantitative estimate of drug-likeness (QED) is 0.931. The average Bonchev–Trinajstić information content (AvgIpc) is 2.83. The fraction of sp³-hybridized carbons (Fsp3) is 0.273. The van der Waals surface area contributed by atoms with Gasteiger partial charge in [0.1, 0.15) is 5.51 Å². The highest BCUT2D eigenvalue weighted by Gasteiger charge is 2.09. The monoisotopic (exact) mass is 285 g/mol. The maximum absolute atomic E-state index is 6.26. The van der Waals surface area contributed by atoms with Gasteiger partial charge in [-0.15, -0.1) is 10.2 Å². The molecule has 0 aliphatic heterocycles.